The van der Waals surface area contributed by atoms with Gasteiger partial charge in [0.1, 0.15) is 5.76 Å². The second-order valence-electron chi connectivity index (χ2n) is 5.42. The molecule has 116 valence electrons. The number of carbonyl (C=O) groups excluding carboxylic acids is 1. The molecule has 4 heteroatoms. The van der Waals surface area contributed by atoms with E-state index in [0.29, 0.717) is 18.0 Å². The van der Waals surface area contributed by atoms with Crippen molar-refractivity contribution in [2.75, 3.05) is 4.90 Å². The predicted octanol–water partition coefficient (Wildman–Crippen LogP) is 4.14. The molecule has 0 atom stereocenters. The zero-order valence-corrected chi connectivity index (χ0v) is 13.2. The van der Waals surface area contributed by atoms with Gasteiger partial charge < -0.3 is 9.42 Å². The minimum absolute atomic E-state index is 0.158. The molecule has 1 aromatic heterocycles. The van der Waals surface area contributed by atoms with Crippen LogP contribution in [0.3, 0.4) is 0 Å². The van der Waals surface area contributed by atoms with Crippen LogP contribution in [-0.2, 0) is 6.54 Å². The van der Waals surface area contributed by atoms with E-state index >= 15 is 0 Å². The zero-order chi connectivity index (χ0) is 16.2. The Hall–Kier alpha value is -2.88. The number of carbonyl (C=O) groups is 1. The van der Waals surface area contributed by atoms with Crippen molar-refractivity contribution in [1.29, 1.82) is 0 Å². The monoisotopic (exact) mass is 306 g/mol. The molecule has 0 N–H and O–H groups in total. The molecule has 0 fully saturated rings. The van der Waals surface area contributed by atoms with Crippen LogP contribution < -0.4 is 4.90 Å². The van der Waals surface area contributed by atoms with Gasteiger partial charge >= 0.3 is 0 Å². The number of aryl methyl sites for hydroxylation is 1. The largest absolute Gasteiger partial charge is 0.361 e. The van der Waals surface area contributed by atoms with E-state index in [9.17, 15) is 4.79 Å². The van der Waals surface area contributed by atoms with Crippen LogP contribution in [0.2, 0.25) is 0 Å². The molecule has 1 amide bonds. The zero-order valence-electron chi connectivity index (χ0n) is 13.2. The number of anilines is 1. The van der Waals surface area contributed by atoms with Gasteiger partial charge in [0.2, 0.25) is 0 Å². The molecular formula is C19H18N2O2. The van der Waals surface area contributed by atoms with Crippen LogP contribution >= 0.6 is 0 Å². The van der Waals surface area contributed by atoms with Gasteiger partial charge in [-0.25, -0.2) is 0 Å². The second kappa shape index (κ2) is 6.48. The number of nitrogens with zero attached hydrogens (tertiary/aromatic N) is 2. The molecule has 3 rings (SSSR count). The topological polar surface area (TPSA) is 46.3 Å². The summed E-state index contributed by atoms with van der Waals surface area (Å²) in [6.07, 6.45) is 0. The molecule has 0 aliphatic carbocycles. The molecule has 0 unspecified atom stereocenters. The number of rotatable bonds is 4. The van der Waals surface area contributed by atoms with E-state index in [1.807, 2.05) is 74.5 Å². The van der Waals surface area contributed by atoms with E-state index in [4.69, 9.17) is 4.52 Å². The first-order valence-electron chi connectivity index (χ1n) is 7.50. The van der Waals surface area contributed by atoms with Crippen LogP contribution in [0.4, 0.5) is 5.69 Å². The second-order valence-corrected chi connectivity index (χ2v) is 5.42. The number of aromatic nitrogens is 1. The fourth-order valence-electron chi connectivity index (χ4n) is 2.40. The first kappa shape index (κ1) is 15.0. The van der Waals surface area contributed by atoms with Crippen molar-refractivity contribution in [2.24, 2.45) is 0 Å². The molecule has 0 aliphatic rings. The van der Waals surface area contributed by atoms with Gasteiger partial charge in [-0.2, -0.15) is 0 Å². The third-order valence-electron chi connectivity index (χ3n) is 3.86. The molecular weight excluding hydrogens is 288 g/mol. The number of hydrogen-bond donors (Lipinski definition) is 0. The van der Waals surface area contributed by atoms with Gasteiger partial charge in [0, 0.05) is 11.3 Å². The summed E-state index contributed by atoms with van der Waals surface area (Å²) in [6.45, 7) is 4.14. The quantitative estimate of drug-likeness (QED) is 0.728. The van der Waals surface area contributed by atoms with E-state index in [-0.39, 0.29) is 5.91 Å². The van der Waals surface area contributed by atoms with Crippen molar-refractivity contribution in [3.63, 3.8) is 0 Å². The Kier molecular flexibility index (Phi) is 4.24. The standard InChI is InChI=1S/C19H18N2O2/c1-14-15(2)23-20-18(14)19(22)21(17-11-7-4-8-12-17)13-16-9-5-3-6-10-16/h3-12H,13H2,1-2H3. The van der Waals surface area contributed by atoms with Crippen molar-refractivity contribution in [2.45, 2.75) is 20.4 Å². The van der Waals surface area contributed by atoms with E-state index in [1.165, 1.54) is 0 Å². The maximum absolute atomic E-state index is 13.0. The molecule has 0 radical (unpaired) electrons. The van der Waals surface area contributed by atoms with Crippen LogP contribution in [-0.4, -0.2) is 11.1 Å². The van der Waals surface area contributed by atoms with E-state index in [1.54, 1.807) is 4.90 Å². The van der Waals surface area contributed by atoms with Gasteiger partial charge in [0.25, 0.3) is 5.91 Å². The van der Waals surface area contributed by atoms with Gasteiger partial charge in [-0.3, -0.25) is 4.79 Å². The summed E-state index contributed by atoms with van der Waals surface area (Å²) in [6, 6.07) is 19.5. The van der Waals surface area contributed by atoms with E-state index < -0.39 is 0 Å². The molecule has 4 nitrogen and oxygen atoms in total. The molecule has 0 aliphatic heterocycles. The highest BCUT2D eigenvalue weighted by Crippen LogP contribution is 2.22. The van der Waals surface area contributed by atoms with E-state index in [0.717, 1.165) is 16.8 Å². The highest BCUT2D eigenvalue weighted by Gasteiger charge is 2.24. The van der Waals surface area contributed by atoms with Crippen molar-refractivity contribution in [3.05, 3.63) is 83.2 Å². The first-order valence-corrected chi connectivity index (χ1v) is 7.50. The summed E-state index contributed by atoms with van der Waals surface area (Å²) in [5.41, 5.74) is 3.04. The molecule has 0 saturated carbocycles. The van der Waals surface area contributed by atoms with Crippen molar-refractivity contribution < 1.29 is 9.32 Å². The molecule has 1 heterocycles. The highest BCUT2D eigenvalue weighted by molar-refractivity contribution is 6.05. The van der Waals surface area contributed by atoms with Gasteiger partial charge in [-0.05, 0) is 31.5 Å². The Bertz CT molecular complexity index is 795. The Morgan fingerprint density at radius 3 is 2.17 bits per heavy atom. The van der Waals surface area contributed by atoms with Crippen LogP contribution in [0.5, 0.6) is 0 Å². The molecule has 23 heavy (non-hydrogen) atoms. The highest BCUT2D eigenvalue weighted by atomic mass is 16.5. The molecule has 0 saturated heterocycles. The normalized spacial score (nSPS) is 10.5. The summed E-state index contributed by atoms with van der Waals surface area (Å²) >= 11 is 0. The average Bonchev–Trinajstić information content (AvgIpc) is 2.93. The Labute approximate surface area is 135 Å². The van der Waals surface area contributed by atoms with E-state index in [2.05, 4.69) is 5.16 Å². The smallest absolute Gasteiger partial charge is 0.281 e. The molecule has 3 aromatic rings. The molecule has 2 aromatic carbocycles. The maximum Gasteiger partial charge on any atom is 0.281 e. The Morgan fingerprint density at radius 1 is 1.00 bits per heavy atom. The summed E-state index contributed by atoms with van der Waals surface area (Å²) in [5.74, 6) is 0.510. The van der Waals surface area contributed by atoms with Gasteiger partial charge in [0.05, 0.1) is 6.54 Å². The van der Waals surface area contributed by atoms with Gasteiger partial charge in [-0.15, -0.1) is 0 Å². The van der Waals surface area contributed by atoms with Crippen molar-refractivity contribution >= 4 is 11.6 Å². The van der Waals surface area contributed by atoms with Crippen LogP contribution in [0.25, 0.3) is 0 Å². The predicted molar refractivity (Wildman–Crippen MR) is 89.4 cm³/mol. The van der Waals surface area contributed by atoms with Crippen LogP contribution in [0.15, 0.2) is 65.2 Å². The van der Waals surface area contributed by atoms with Gasteiger partial charge in [-0.1, -0.05) is 53.7 Å². The summed E-state index contributed by atoms with van der Waals surface area (Å²) in [4.78, 5) is 14.7. The lowest BCUT2D eigenvalue weighted by Crippen LogP contribution is -2.31. The number of hydrogen-bond acceptors (Lipinski definition) is 3. The van der Waals surface area contributed by atoms with Crippen LogP contribution in [0.1, 0.15) is 27.4 Å². The lowest BCUT2D eigenvalue weighted by atomic mass is 10.1. The molecule has 0 spiro atoms. The minimum atomic E-state index is -0.158. The Balaban J connectivity index is 1.98. The minimum Gasteiger partial charge on any atom is -0.361 e. The average molecular weight is 306 g/mol. The molecule has 0 bridgehead atoms. The number of para-hydroxylation sites is 1. The number of amides is 1. The summed E-state index contributed by atoms with van der Waals surface area (Å²) in [7, 11) is 0. The van der Waals surface area contributed by atoms with Gasteiger partial charge in [0.15, 0.2) is 5.69 Å². The first-order chi connectivity index (χ1) is 11.2. The maximum atomic E-state index is 13.0. The van der Waals surface area contributed by atoms with Crippen LogP contribution in [0, 0.1) is 13.8 Å². The lowest BCUT2D eigenvalue weighted by Gasteiger charge is -2.22. The van der Waals surface area contributed by atoms with Crippen molar-refractivity contribution in [3.8, 4) is 0 Å². The fourth-order valence-corrected chi connectivity index (χ4v) is 2.40. The third-order valence-corrected chi connectivity index (χ3v) is 3.86. The SMILES string of the molecule is Cc1onc(C(=O)N(Cc2ccccc2)c2ccccc2)c1C. The fraction of sp³-hybridized carbons (Fsp3) is 0.158. The Morgan fingerprint density at radius 2 is 1.61 bits per heavy atom. The van der Waals surface area contributed by atoms with Crippen molar-refractivity contribution in [1.82, 2.24) is 5.16 Å². The lowest BCUT2D eigenvalue weighted by molar-refractivity contribution is 0.0976. The summed E-state index contributed by atoms with van der Waals surface area (Å²) in [5, 5.41) is 3.94. The number of benzene rings is 2. The summed E-state index contributed by atoms with van der Waals surface area (Å²) < 4.78 is 5.16. The third kappa shape index (κ3) is 3.16.